The highest BCUT2D eigenvalue weighted by molar-refractivity contribution is 6.00. The molecule has 2 N–H and O–H groups in total. The number of fused-ring (bicyclic) bond motifs is 8. The zero-order valence-electron chi connectivity index (χ0n) is 29.1. The number of pyridine rings is 4. The van der Waals surface area contributed by atoms with E-state index in [-0.39, 0.29) is 22.1 Å². The van der Waals surface area contributed by atoms with Crippen LogP contribution in [0.1, 0.15) is 22.8 Å². The van der Waals surface area contributed by atoms with Crippen molar-refractivity contribution in [1.82, 2.24) is 39.9 Å². The lowest BCUT2D eigenvalue weighted by Gasteiger charge is -2.10. The standard InChI is InChI=1S/C40H14F12N8/c41-13-9-53-37(49)33(45)25(13)29-17-1-2-18(57-17)30(26-14(42)10-54-38(50)34(26)46)20-5-6-22(59-20)32(28-16(44)12-56-40(52)36(28)48)24-8-7-23(60-24)31(21-4-3-19(29)58-21)27-15(43)11-55-39(51)35(27)47/h1-12,57-58H. The van der Waals surface area contributed by atoms with Crippen LogP contribution in [0.4, 0.5) is 52.7 Å². The minimum absolute atomic E-state index is 0.326. The highest BCUT2D eigenvalue weighted by Crippen LogP contribution is 2.42. The number of nitrogens with one attached hydrogen (secondary N) is 2. The predicted molar refractivity (Wildman–Crippen MR) is 191 cm³/mol. The van der Waals surface area contributed by atoms with Crippen LogP contribution in [0.2, 0.25) is 0 Å². The van der Waals surface area contributed by atoms with Crippen molar-refractivity contribution in [1.29, 1.82) is 0 Å². The molecule has 7 aromatic heterocycles. The van der Waals surface area contributed by atoms with Crippen LogP contribution in [0, 0.1) is 70.3 Å². The molecule has 0 atom stereocenters. The Balaban J connectivity index is 1.56. The summed E-state index contributed by atoms with van der Waals surface area (Å²) in [5.74, 6) is -20.3. The fraction of sp³-hybridized carbons (Fsp3) is 0. The molecule has 8 bridgehead atoms. The average molecular weight is 835 g/mol. The molecular formula is C40H14F12N8. The number of nitrogens with zero attached hydrogens (tertiary/aromatic N) is 6. The Hall–Kier alpha value is -7.64. The van der Waals surface area contributed by atoms with E-state index < -0.39 is 138 Å². The van der Waals surface area contributed by atoms with Gasteiger partial charge in [0.05, 0.1) is 69.8 Å². The number of hydrogen-bond donors (Lipinski definition) is 2. The molecule has 7 aromatic rings. The molecule has 0 amide bonds. The molecule has 0 spiro atoms. The second-order valence-corrected chi connectivity index (χ2v) is 12.8. The Labute approximate surface area is 325 Å². The number of H-pyrrole nitrogens is 2. The lowest BCUT2D eigenvalue weighted by molar-refractivity contribution is 0.468. The normalized spacial score (nSPS) is 12.2. The van der Waals surface area contributed by atoms with Crippen LogP contribution in [0.15, 0.2) is 49.1 Å². The Morgan fingerprint density at radius 1 is 0.300 bits per heavy atom. The van der Waals surface area contributed by atoms with Crippen molar-refractivity contribution in [3.8, 4) is 44.5 Å². The molecule has 0 aliphatic carbocycles. The first kappa shape index (κ1) is 37.9. The summed E-state index contributed by atoms with van der Waals surface area (Å²) in [4.78, 5) is 26.2. The van der Waals surface area contributed by atoms with Crippen LogP contribution >= 0.6 is 0 Å². The van der Waals surface area contributed by atoms with Crippen molar-refractivity contribution in [3.63, 3.8) is 0 Å². The monoisotopic (exact) mass is 834 g/mol. The van der Waals surface area contributed by atoms with Gasteiger partial charge in [-0.2, -0.15) is 17.6 Å². The van der Waals surface area contributed by atoms with Crippen LogP contribution in [-0.4, -0.2) is 39.9 Å². The van der Waals surface area contributed by atoms with E-state index in [0.29, 0.717) is 24.8 Å². The zero-order chi connectivity index (χ0) is 42.3. The van der Waals surface area contributed by atoms with Gasteiger partial charge in [-0.1, -0.05) is 0 Å². The summed E-state index contributed by atoms with van der Waals surface area (Å²) in [6.45, 7) is 0. The predicted octanol–water partition coefficient (Wildman–Crippen LogP) is 10.6. The molecule has 9 rings (SSSR count). The maximum absolute atomic E-state index is 15.7. The molecule has 8 nitrogen and oxygen atoms in total. The van der Waals surface area contributed by atoms with Gasteiger partial charge < -0.3 is 9.97 Å². The van der Waals surface area contributed by atoms with Crippen molar-refractivity contribution < 1.29 is 52.7 Å². The van der Waals surface area contributed by atoms with Crippen LogP contribution in [0.25, 0.3) is 90.9 Å². The van der Waals surface area contributed by atoms with Crippen molar-refractivity contribution in [2.75, 3.05) is 0 Å². The number of halogens is 12. The van der Waals surface area contributed by atoms with Gasteiger partial charge in [-0.05, 0) is 48.6 Å². The van der Waals surface area contributed by atoms with E-state index in [1.54, 1.807) is 0 Å². The molecule has 9 heterocycles. The molecule has 0 saturated heterocycles. The molecule has 60 heavy (non-hydrogen) atoms. The molecule has 0 aromatic carbocycles. The highest BCUT2D eigenvalue weighted by Gasteiger charge is 2.29. The zero-order valence-corrected chi connectivity index (χ0v) is 29.1. The maximum Gasteiger partial charge on any atom is 0.249 e. The van der Waals surface area contributed by atoms with Crippen molar-refractivity contribution in [3.05, 3.63) is 142 Å². The highest BCUT2D eigenvalue weighted by atomic mass is 19.2. The Kier molecular flexibility index (Phi) is 8.86. The van der Waals surface area contributed by atoms with Gasteiger partial charge in [0, 0.05) is 44.3 Å². The summed E-state index contributed by atoms with van der Waals surface area (Å²) in [5.41, 5.74) is -10.2. The molecule has 2 aliphatic heterocycles. The molecular weight excluding hydrogens is 820 g/mol. The van der Waals surface area contributed by atoms with Gasteiger partial charge >= 0.3 is 0 Å². The van der Waals surface area contributed by atoms with E-state index in [4.69, 9.17) is 0 Å². The average Bonchev–Trinajstić information content (AvgIpc) is 4.07. The fourth-order valence-electron chi connectivity index (χ4n) is 6.94. The molecule has 20 heteroatoms. The minimum atomic E-state index is -1.86. The summed E-state index contributed by atoms with van der Waals surface area (Å²) in [5, 5.41) is 0. The molecule has 2 aliphatic rings. The van der Waals surface area contributed by atoms with Gasteiger partial charge in [0.1, 0.15) is 0 Å². The van der Waals surface area contributed by atoms with Gasteiger partial charge in [-0.25, -0.2) is 65.0 Å². The molecule has 0 saturated carbocycles. The first-order valence-electron chi connectivity index (χ1n) is 16.9. The van der Waals surface area contributed by atoms with E-state index in [0.717, 1.165) is 48.6 Å². The molecule has 0 unspecified atom stereocenters. The van der Waals surface area contributed by atoms with Crippen molar-refractivity contribution >= 4 is 46.4 Å². The summed E-state index contributed by atoms with van der Waals surface area (Å²) < 4.78 is 184. The van der Waals surface area contributed by atoms with Gasteiger partial charge in [0.25, 0.3) is 0 Å². The van der Waals surface area contributed by atoms with Gasteiger partial charge in [-0.15, -0.1) is 0 Å². The Morgan fingerprint density at radius 3 is 0.867 bits per heavy atom. The quantitative estimate of drug-likeness (QED) is 0.135. The largest absolute Gasteiger partial charge is 0.354 e. The second kappa shape index (κ2) is 14.0. The third kappa shape index (κ3) is 5.89. The van der Waals surface area contributed by atoms with E-state index in [2.05, 4.69) is 39.9 Å². The van der Waals surface area contributed by atoms with Gasteiger partial charge in [0.15, 0.2) is 46.5 Å². The topological polar surface area (TPSA) is 109 Å². The summed E-state index contributed by atoms with van der Waals surface area (Å²) >= 11 is 0. The lowest BCUT2D eigenvalue weighted by Crippen LogP contribution is -2.02. The van der Waals surface area contributed by atoms with Crippen LogP contribution in [0.3, 0.4) is 0 Å². The Morgan fingerprint density at radius 2 is 0.550 bits per heavy atom. The fourth-order valence-corrected chi connectivity index (χ4v) is 6.94. The summed E-state index contributed by atoms with van der Waals surface area (Å²) in [6.07, 6.45) is 5.55. The molecule has 0 radical (unpaired) electrons. The number of aromatic nitrogens is 8. The maximum atomic E-state index is 15.7. The second-order valence-electron chi connectivity index (χ2n) is 12.8. The van der Waals surface area contributed by atoms with Crippen molar-refractivity contribution in [2.45, 2.75) is 0 Å². The number of rotatable bonds is 4. The van der Waals surface area contributed by atoms with Crippen LogP contribution in [0.5, 0.6) is 0 Å². The van der Waals surface area contributed by atoms with Gasteiger partial charge in [-0.3, -0.25) is 0 Å². The van der Waals surface area contributed by atoms with E-state index in [1.165, 1.54) is 0 Å². The summed E-state index contributed by atoms with van der Waals surface area (Å²) in [6, 6.07) is 4.40. The smallest absolute Gasteiger partial charge is 0.249 e. The first-order valence-corrected chi connectivity index (χ1v) is 16.9. The summed E-state index contributed by atoms with van der Waals surface area (Å²) in [7, 11) is 0. The van der Waals surface area contributed by atoms with Gasteiger partial charge in [0.2, 0.25) is 23.8 Å². The van der Waals surface area contributed by atoms with E-state index >= 15 is 35.1 Å². The van der Waals surface area contributed by atoms with Crippen molar-refractivity contribution in [2.24, 2.45) is 0 Å². The first-order chi connectivity index (χ1) is 28.7. The molecule has 0 fully saturated rings. The number of hydrogen-bond acceptors (Lipinski definition) is 6. The number of aromatic amines is 2. The SMILES string of the molecule is Fc1cnc(F)c(F)c1-c1c2nc(c(-c3c(F)cnc(F)c3F)c3ccc([nH]3)c(-c3c(F)cnc(F)c3F)c3ccc([nH]3)c(-c3c(F)cnc(F)c3F)c3nc1C=C3)C=C2. The lowest BCUT2D eigenvalue weighted by atomic mass is 10.0. The van der Waals surface area contributed by atoms with Crippen LogP contribution in [-0.2, 0) is 0 Å². The third-order valence-corrected chi connectivity index (χ3v) is 9.48. The minimum Gasteiger partial charge on any atom is -0.354 e. The van der Waals surface area contributed by atoms with E-state index in [9.17, 15) is 17.6 Å². The van der Waals surface area contributed by atoms with E-state index in [1.807, 2.05) is 0 Å². The molecule has 298 valence electrons. The Bertz CT molecular complexity index is 3110. The third-order valence-electron chi connectivity index (χ3n) is 9.48. The van der Waals surface area contributed by atoms with Crippen LogP contribution < -0.4 is 0 Å².